The fourth-order valence-corrected chi connectivity index (χ4v) is 1.50. The number of aliphatic carboxylic acids is 1. The van der Waals surface area contributed by atoms with Gasteiger partial charge in [-0.3, -0.25) is 14.4 Å². The van der Waals surface area contributed by atoms with Gasteiger partial charge >= 0.3 is 5.97 Å². The van der Waals surface area contributed by atoms with E-state index in [1.165, 1.54) is 6.07 Å². The lowest BCUT2D eigenvalue weighted by molar-refractivity contribution is -0.139. The summed E-state index contributed by atoms with van der Waals surface area (Å²) >= 11 is 0. The van der Waals surface area contributed by atoms with E-state index in [0.717, 1.165) is 0 Å². The number of hydrogen-bond acceptors (Lipinski definition) is 4. The van der Waals surface area contributed by atoms with E-state index < -0.39 is 18.3 Å². The van der Waals surface area contributed by atoms with Gasteiger partial charge in [0.15, 0.2) is 6.61 Å². The first kappa shape index (κ1) is 11.9. The number of carboxylic acid groups (broad SMARTS) is 1. The van der Waals surface area contributed by atoms with Crippen molar-refractivity contribution in [3.8, 4) is 5.75 Å². The number of carbonyl (C=O) groups excluding carboxylic acids is 2. The van der Waals surface area contributed by atoms with Crippen molar-refractivity contribution in [2.45, 2.75) is 6.42 Å². The van der Waals surface area contributed by atoms with Crippen LogP contribution in [0.1, 0.15) is 6.42 Å². The first-order valence-corrected chi connectivity index (χ1v) is 5.13. The third-order valence-corrected chi connectivity index (χ3v) is 2.21. The molecule has 0 saturated carbocycles. The highest BCUT2D eigenvalue weighted by Crippen LogP contribution is 2.30. The molecule has 0 spiro atoms. The van der Waals surface area contributed by atoms with Crippen LogP contribution in [-0.2, 0) is 14.4 Å². The molecule has 2 rings (SSSR count). The molecular weight excluding hydrogens is 240 g/mol. The van der Waals surface area contributed by atoms with E-state index in [0.29, 0.717) is 17.1 Å². The Morgan fingerprint density at radius 2 is 2.22 bits per heavy atom. The molecule has 7 nitrogen and oxygen atoms in total. The standard InChI is InChI=1S/C11H10N2O5/c14-9(4-11(16)17)12-6-1-2-8-7(3-6)13-10(15)5-18-8/h1-3H,4-5H2,(H,12,14)(H,13,15)(H,16,17). The molecule has 0 aliphatic carbocycles. The molecule has 2 amide bonds. The quantitative estimate of drug-likeness (QED) is 0.675. The van der Waals surface area contributed by atoms with E-state index in [9.17, 15) is 14.4 Å². The van der Waals surface area contributed by atoms with Crippen molar-refractivity contribution in [1.82, 2.24) is 0 Å². The summed E-state index contributed by atoms with van der Waals surface area (Å²) in [5.41, 5.74) is 0.838. The van der Waals surface area contributed by atoms with Gasteiger partial charge in [0.1, 0.15) is 12.2 Å². The van der Waals surface area contributed by atoms with E-state index in [2.05, 4.69) is 10.6 Å². The molecule has 3 N–H and O–H groups in total. The SMILES string of the molecule is O=C(O)CC(=O)Nc1ccc2c(c1)NC(=O)CO2. The Morgan fingerprint density at radius 1 is 1.44 bits per heavy atom. The van der Waals surface area contributed by atoms with Gasteiger partial charge in [-0.1, -0.05) is 0 Å². The summed E-state index contributed by atoms with van der Waals surface area (Å²) < 4.78 is 5.14. The Kier molecular flexibility index (Phi) is 3.13. The van der Waals surface area contributed by atoms with Crippen molar-refractivity contribution < 1.29 is 24.2 Å². The highest BCUT2D eigenvalue weighted by molar-refractivity contribution is 6.02. The number of amides is 2. The van der Waals surface area contributed by atoms with Crippen LogP contribution < -0.4 is 15.4 Å². The number of carboxylic acids is 1. The second-order valence-electron chi connectivity index (χ2n) is 3.67. The van der Waals surface area contributed by atoms with Gasteiger partial charge in [-0.25, -0.2) is 0 Å². The third kappa shape index (κ3) is 2.76. The predicted octanol–water partition coefficient (Wildman–Crippen LogP) is 0.431. The van der Waals surface area contributed by atoms with Gasteiger partial charge in [-0.15, -0.1) is 0 Å². The molecule has 18 heavy (non-hydrogen) atoms. The zero-order chi connectivity index (χ0) is 13.1. The van der Waals surface area contributed by atoms with Crippen molar-refractivity contribution in [2.75, 3.05) is 17.2 Å². The van der Waals surface area contributed by atoms with E-state index in [1.54, 1.807) is 12.1 Å². The monoisotopic (exact) mass is 250 g/mol. The van der Waals surface area contributed by atoms with Crippen LogP contribution in [0, 0.1) is 0 Å². The van der Waals surface area contributed by atoms with Crippen molar-refractivity contribution in [2.24, 2.45) is 0 Å². The van der Waals surface area contributed by atoms with Gasteiger partial charge in [0.2, 0.25) is 5.91 Å². The third-order valence-electron chi connectivity index (χ3n) is 2.21. The van der Waals surface area contributed by atoms with Crippen molar-refractivity contribution in [1.29, 1.82) is 0 Å². The molecule has 1 aromatic rings. The lowest BCUT2D eigenvalue weighted by atomic mass is 10.2. The minimum Gasteiger partial charge on any atom is -0.482 e. The zero-order valence-electron chi connectivity index (χ0n) is 9.23. The normalized spacial score (nSPS) is 13.0. The van der Waals surface area contributed by atoms with Gasteiger partial charge in [-0.05, 0) is 18.2 Å². The number of carbonyl (C=O) groups is 3. The average molecular weight is 250 g/mol. The van der Waals surface area contributed by atoms with Crippen LogP contribution in [0.25, 0.3) is 0 Å². The zero-order valence-corrected chi connectivity index (χ0v) is 9.23. The first-order chi connectivity index (χ1) is 8.54. The molecule has 7 heteroatoms. The number of nitrogens with one attached hydrogen (secondary N) is 2. The maximum Gasteiger partial charge on any atom is 0.312 e. The van der Waals surface area contributed by atoms with Crippen LogP contribution in [0.2, 0.25) is 0 Å². The second-order valence-corrected chi connectivity index (χ2v) is 3.67. The molecule has 0 aromatic heterocycles. The maximum absolute atomic E-state index is 11.2. The Hall–Kier alpha value is -2.57. The number of benzene rings is 1. The van der Waals surface area contributed by atoms with Crippen molar-refractivity contribution >= 4 is 29.2 Å². The molecule has 0 fully saturated rings. The highest BCUT2D eigenvalue weighted by Gasteiger charge is 2.16. The summed E-state index contributed by atoms with van der Waals surface area (Å²) in [5, 5.41) is 13.4. The molecule has 1 aliphatic rings. The molecule has 0 unspecified atom stereocenters. The topological polar surface area (TPSA) is 105 Å². The molecular formula is C11H10N2O5. The van der Waals surface area contributed by atoms with Crippen LogP contribution in [0.3, 0.4) is 0 Å². The number of fused-ring (bicyclic) bond motifs is 1. The maximum atomic E-state index is 11.2. The van der Waals surface area contributed by atoms with Gasteiger partial charge in [-0.2, -0.15) is 0 Å². The molecule has 1 heterocycles. The second kappa shape index (κ2) is 4.74. The Balaban J connectivity index is 2.11. The molecule has 1 aliphatic heterocycles. The fourth-order valence-electron chi connectivity index (χ4n) is 1.50. The molecule has 0 saturated heterocycles. The minimum atomic E-state index is -1.21. The van der Waals surface area contributed by atoms with Crippen LogP contribution in [-0.4, -0.2) is 29.5 Å². The van der Waals surface area contributed by atoms with E-state index in [-0.39, 0.29) is 12.5 Å². The van der Waals surface area contributed by atoms with Crippen molar-refractivity contribution in [3.63, 3.8) is 0 Å². The van der Waals surface area contributed by atoms with Crippen LogP contribution >= 0.6 is 0 Å². The minimum absolute atomic E-state index is 0.0439. The molecule has 94 valence electrons. The smallest absolute Gasteiger partial charge is 0.312 e. The van der Waals surface area contributed by atoms with E-state index in [4.69, 9.17) is 9.84 Å². The average Bonchev–Trinajstić information content (AvgIpc) is 2.27. The first-order valence-electron chi connectivity index (χ1n) is 5.13. The molecule has 1 aromatic carbocycles. The molecule has 0 radical (unpaired) electrons. The number of hydrogen-bond donors (Lipinski definition) is 3. The van der Waals surface area contributed by atoms with E-state index >= 15 is 0 Å². The predicted molar refractivity (Wildman–Crippen MR) is 61.4 cm³/mol. The largest absolute Gasteiger partial charge is 0.482 e. The summed E-state index contributed by atoms with van der Waals surface area (Å²) in [7, 11) is 0. The lowest BCUT2D eigenvalue weighted by Crippen LogP contribution is -2.25. The molecule has 0 atom stereocenters. The summed E-state index contributed by atoms with van der Waals surface area (Å²) in [5.74, 6) is -1.62. The number of rotatable bonds is 3. The summed E-state index contributed by atoms with van der Waals surface area (Å²) in [6.45, 7) is -0.0439. The Bertz CT molecular complexity index is 526. The van der Waals surface area contributed by atoms with Crippen LogP contribution in [0.4, 0.5) is 11.4 Å². The summed E-state index contributed by atoms with van der Waals surface area (Å²) in [6, 6.07) is 4.66. The number of ether oxygens (including phenoxy) is 1. The van der Waals surface area contributed by atoms with E-state index in [1.807, 2.05) is 0 Å². The van der Waals surface area contributed by atoms with Gasteiger partial charge in [0.25, 0.3) is 5.91 Å². The van der Waals surface area contributed by atoms with Gasteiger partial charge in [0.05, 0.1) is 5.69 Å². The summed E-state index contributed by atoms with van der Waals surface area (Å²) in [6.07, 6.45) is -0.611. The highest BCUT2D eigenvalue weighted by atomic mass is 16.5. The lowest BCUT2D eigenvalue weighted by Gasteiger charge is -2.18. The van der Waals surface area contributed by atoms with Crippen molar-refractivity contribution in [3.05, 3.63) is 18.2 Å². The number of anilines is 2. The fraction of sp³-hybridized carbons (Fsp3) is 0.182. The Labute approximate surface area is 102 Å². The molecule has 0 bridgehead atoms. The van der Waals surface area contributed by atoms with Crippen LogP contribution in [0.5, 0.6) is 5.75 Å². The van der Waals surface area contributed by atoms with Gasteiger partial charge in [0, 0.05) is 5.69 Å². The van der Waals surface area contributed by atoms with Gasteiger partial charge < -0.3 is 20.5 Å². The van der Waals surface area contributed by atoms with Crippen LogP contribution in [0.15, 0.2) is 18.2 Å². The summed E-state index contributed by atoms with van der Waals surface area (Å²) in [4.78, 5) is 32.7. The Morgan fingerprint density at radius 3 is 2.94 bits per heavy atom.